The van der Waals surface area contributed by atoms with Crippen molar-refractivity contribution in [3.05, 3.63) is 106 Å². The quantitative estimate of drug-likeness (QED) is 0.335. The maximum absolute atomic E-state index is 6.17. The topological polar surface area (TPSA) is 13.1 Å². The van der Waals surface area contributed by atoms with Crippen molar-refractivity contribution in [3.63, 3.8) is 0 Å². The molecule has 1 aliphatic rings. The van der Waals surface area contributed by atoms with Crippen LogP contribution in [0.15, 0.2) is 77.2 Å². The summed E-state index contributed by atoms with van der Waals surface area (Å²) in [4.78, 5) is 0. The van der Waals surface area contributed by atoms with Gasteiger partial charge in [-0.3, -0.25) is 0 Å². The first kappa shape index (κ1) is 14.6. The van der Waals surface area contributed by atoms with Crippen molar-refractivity contribution in [1.29, 1.82) is 0 Å². The molecule has 0 saturated carbocycles. The van der Waals surface area contributed by atoms with Gasteiger partial charge in [-0.2, -0.15) is 0 Å². The number of hydrogen-bond donors (Lipinski definition) is 0. The van der Waals surface area contributed by atoms with Crippen LogP contribution in [-0.2, 0) is 6.42 Å². The molecule has 0 N–H and O–H groups in total. The molecule has 3 aromatic carbocycles. The highest BCUT2D eigenvalue weighted by molar-refractivity contribution is 6.30. The van der Waals surface area contributed by atoms with Crippen molar-refractivity contribution < 1.29 is 4.42 Å². The van der Waals surface area contributed by atoms with E-state index in [1.54, 1.807) is 0 Å². The first-order chi connectivity index (χ1) is 12.3. The Bertz CT molecular complexity index is 1120. The zero-order valence-electron chi connectivity index (χ0n) is 13.5. The zero-order chi connectivity index (χ0) is 16.8. The lowest BCUT2D eigenvalue weighted by Gasteiger charge is -2.11. The normalized spacial score (nSPS) is 13.1. The third-order valence-electron chi connectivity index (χ3n) is 4.83. The molecule has 1 heterocycles. The summed E-state index contributed by atoms with van der Waals surface area (Å²) >= 11 is 6.08. The summed E-state index contributed by atoms with van der Waals surface area (Å²) in [6.45, 7) is 0. The summed E-state index contributed by atoms with van der Waals surface area (Å²) in [5.74, 6) is 0.947. The van der Waals surface area contributed by atoms with Crippen LogP contribution in [0.1, 0.15) is 28.0 Å². The summed E-state index contributed by atoms with van der Waals surface area (Å²) in [6, 6.07) is 24.8. The van der Waals surface area contributed by atoms with Gasteiger partial charge in [-0.1, -0.05) is 66.2 Å². The van der Waals surface area contributed by atoms with Crippen molar-refractivity contribution >= 4 is 34.2 Å². The monoisotopic (exact) mass is 342 g/mol. The number of furan rings is 1. The van der Waals surface area contributed by atoms with Gasteiger partial charge in [0.25, 0.3) is 0 Å². The van der Waals surface area contributed by atoms with Gasteiger partial charge in [-0.15, -0.1) is 0 Å². The summed E-state index contributed by atoms with van der Waals surface area (Å²) in [7, 11) is 0. The van der Waals surface area contributed by atoms with Crippen LogP contribution in [0.5, 0.6) is 0 Å². The summed E-state index contributed by atoms with van der Waals surface area (Å²) in [5.41, 5.74) is 7.08. The van der Waals surface area contributed by atoms with E-state index in [9.17, 15) is 0 Å². The molecule has 0 atom stereocenters. The van der Waals surface area contributed by atoms with Crippen LogP contribution in [0.4, 0.5) is 0 Å². The molecule has 0 saturated heterocycles. The van der Waals surface area contributed by atoms with Gasteiger partial charge in [0.1, 0.15) is 11.3 Å². The molecule has 0 aliphatic heterocycles. The number of hydrogen-bond acceptors (Lipinski definition) is 1. The first-order valence-electron chi connectivity index (χ1n) is 8.36. The molecule has 1 aromatic heterocycles. The van der Waals surface area contributed by atoms with Gasteiger partial charge in [0.15, 0.2) is 0 Å². The molecule has 1 aliphatic carbocycles. The second-order valence-electron chi connectivity index (χ2n) is 6.34. The minimum Gasteiger partial charge on any atom is -0.456 e. The smallest absolute Gasteiger partial charge is 0.135 e. The maximum Gasteiger partial charge on any atom is 0.135 e. The molecule has 0 unspecified atom stereocenters. The number of fused-ring (bicyclic) bond motifs is 4. The maximum atomic E-state index is 6.17. The Kier molecular flexibility index (Phi) is 3.29. The minimum atomic E-state index is 0.746. The molecule has 0 fully saturated rings. The molecule has 25 heavy (non-hydrogen) atoms. The van der Waals surface area contributed by atoms with Gasteiger partial charge < -0.3 is 4.42 Å². The SMILES string of the molecule is Clc1ccc(C2=Cc3oc4ccccc4c3Cc3ccccc32)cc1. The molecule has 0 bridgehead atoms. The molecular weight excluding hydrogens is 328 g/mol. The second kappa shape index (κ2) is 5.65. The molecule has 4 aromatic rings. The third kappa shape index (κ3) is 2.40. The Morgan fingerprint density at radius 1 is 0.800 bits per heavy atom. The lowest BCUT2D eigenvalue weighted by atomic mass is 9.93. The molecule has 2 heteroatoms. The highest BCUT2D eigenvalue weighted by Gasteiger charge is 2.21. The third-order valence-corrected chi connectivity index (χ3v) is 5.09. The summed E-state index contributed by atoms with van der Waals surface area (Å²) in [5, 5.41) is 1.94. The Labute approximate surface area is 151 Å². The average molecular weight is 343 g/mol. The van der Waals surface area contributed by atoms with Crippen LogP contribution in [0, 0.1) is 0 Å². The van der Waals surface area contributed by atoms with E-state index in [1.807, 2.05) is 24.3 Å². The van der Waals surface area contributed by atoms with E-state index in [1.165, 1.54) is 27.6 Å². The predicted molar refractivity (Wildman–Crippen MR) is 104 cm³/mol. The van der Waals surface area contributed by atoms with Crippen molar-refractivity contribution in [2.24, 2.45) is 0 Å². The summed E-state index contributed by atoms with van der Waals surface area (Å²) < 4.78 is 6.17. The Morgan fingerprint density at radius 2 is 1.56 bits per heavy atom. The van der Waals surface area contributed by atoms with E-state index in [4.69, 9.17) is 16.0 Å². The average Bonchev–Trinajstić information content (AvgIpc) is 2.90. The number of benzene rings is 3. The standard InChI is InChI=1S/C23H15ClO/c24-17-11-9-15(10-12-17)20-14-23-21(13-16-5-1-2-6-18(16)20)19-7-3-4-8-22(19)25-23/h1-12,14H,13H2. The van der Waals surface area contributed by atoms with Crippen LogP contribution in [0.3, 0.4) is 0 Å². The van der Waals surface area contributed by atoms with Crippen LogP contribution < -0.4 is 0 Å². The lowest BCUT2D eigenvalue weighted by molar-refractivity contribution is 0.600. The predicted octanol–water partition coefficient (Wildman–Crippen LogP) is 6.58. The lowest BCUT2D eigenvalue weighted by Crippen LogP contribution is -1.94. The second-order valence-corrected chi connectivity index (χ2v) is 6.78. The molecule has 0 amide bonds. The van der Waals surface area contributed by atoms with Crippen molar-refractivity contribution in [3.8, 4) is 0 Å². The minimum absolute atomic E-state index is 0.746. The molecule has 0 spiro atoms. The van der Waals surface area contributed by atoms with E-state index >= 15 is 0 Å². The van der Waals surface area contributed by atoms with E-state index in [2.05, 4.69) is 54.6 Å². The fraction of sp³-hybridized carbons (Fsp3) is 0.0435. The molecular formula is C23H15ClO. The van der Waals surface area contributed by atoms with E-state index < -0.39 is 0 Å². The molecule has 120 valence electrons. The van der Waals surface area contributed by atoms with E-state index in [0.717, 1.165) is 28.4 Å². The number of halogens is 1. The van der Waals surface area contributed by atoms with Gasteiger partial charge in [0, 0.05) is 22.4 Å². The number of rotatable bonds is 1. The highest BCUT2D eigenvalue weighted by Crippen LogP contribution is 2.38. The molecule has 1 nitrogen and oxygen atoms in total. The Morgan fingerprint density at radius 3 is 2.44 bits per heavy atom. The molecule has 0 radical (unpaired) electrons. The van der Waals surface area contributed by atoms with Crippen molar-refractivity contribution in [2.45, 2.75) is 6.42 Å². The van der Waals surface area contributed by atoms with Gasteiger partial charge in [0.2, 0.25) is 0 Å². The zero-order valence-corrected chi connectivity index (χ0v) is 14.3. The Balaban J connectivity index is 1.81. The number of para-hydroxylation sites is 1. The van der Waals surface area contributed by atoms with Crippen molar-refractivity contribution in [1.82, 2.24) is 0 Å². The molecule has 5 rings (SSSR count). The van der Waals surface area contributed by atoms with E-state index in [0.29, 0.717) is 0 Å². The summed E-state index contributed by atoms with van der Waals surface area (Å²) in [6.07, 6.45) is 3.04. The van der Waals surface area contributed by atoms with Gasteiger partial charge in [-0.05, 0) is 46.5 Å². The van der Waals surface area contributed by atoms with Gasteiger partial charge in [0.05, 0.1) is 0 Å². The first-order valence-corrected chi connectivity index (χ1v) is 8.74. The Hall–Kier alpha value is -2.77. The van der Waals surface area contributed by atoms with Crippen LogP contribution in [-0.4, -0.2) is 0 Å². The van der Waals surface area contributed by atoms with Crippen LogP contribution >= 0.6 is 11.6 Å². The fourth-order valence-electron chi connectivity index (χ4n) is 3.62. The fourth-order valence-corrected chi connectivity index (χ4v) is 3.75. The largest absolute Gasteiger partial charge is 0.456 e. The van der Waals surface area contributed by atoms with E-state index in [-0.39, 0.29) is 0 Å². The van der Waals surface area contributed by atoms with Crippen molar-refractivity contribution in [2.75, 3.05) is 0 Å². The van der Waals surface area contributed by atoms with Crippen LogP contribution in [0.2, 0.25) is 5.02 Å². The van der Waals surface area contributed by atoms with Gasteiger partial charge in [-0.25, -0.2) is 0 Å². The van der Waals surface area contributed by atoms with Crippen LogP contribution in [0.25, 0.3) is 22.6 Å². The van der Waals surface area contributed by atoms with Gasteiger partial charge >= 0.3 is 0 Å². The highest BCUT2D eigenvalue weighted by atomic mass is 35.5.